The highest BCUT2D eigenvalue weighted by Crippen LogP contribution is 2.36. The summed E-state index contributed by atoms with van der Waals surface area (Å²) >= 11 is 5.91. The number of nitrogen functional groups attached to an aromatic ring is 1. The van der Waals surface area contributed by atoms with E-state index >= 15 is 0 Å². The van der Waals surface area contributed by atoms with Crippen LogP contribution in [0.3, 0.4) is 0 Å². The standard InChI is InChI=1S/C17H9ClF3NO3/c18-13-14(23)9-3-1-2-4-10(9)15(24)16(13)25-12-7-8(17(19,20)21)5-6-11(12)22/h1-7H,22H2. The molecule has 1 aliphatic rings. The highest BCUT2D eigenvalue weighted by atomic mass is 35.5. The van der Waals surface area contributed by atoms with E-state index < -0.39 is 39.8 Å². The molecule has 2 aromatic rings. The molecule has 128 valence electrons. The van der Waals surface area contributed by atoms with Crippen molar-refractivity contribution in [3.05, 3.63) is 69.9 Å². The number of allylic oxidation sites excluding steroid dienone is 2. The van der Waals surface area contributed by atoms with Crippen molar-refractivity contribution in [3.8, 4) is 5.75 Å². The van der Waals surface area contributed by atoms with E-state index in [1.54, 1.807) is 12.1 Å². The molecule has 0 spiro atoms. The number of fused-ring (bicyclic) bond motifs is 1. The van der Waals surface area contributed by atoms with Crippen molar-refractivity contribution in [2.75, 3.05) is 5.73 Å². The van der Waals surface area contributed by atoms with Crippen LogP contribution in [0.15, 0.2) is 53.3 Å². The Hall–Kier alpha value is -2.80. The number of Topliss-reactive ketones (excluding diaryl/α,β-unsaturated/α-hetero) is 2. The molecule has 0 heterocycles. The average Bonchev–Trinajstić information content (AvgIpc) is 2.57. The van der Waals surface area contributed by atoms with Crippen LogP contribution in [0.25, 0.3) is 0 Å². The number of hydrogen-bond acceptors (Lipinski definition) is 4. The topological polar surface area (TPSA) is 69.4 Å². The van der Waals surface area contributed by atoms with Gasteiger partial charge in [-0.15, -0.1) is 0 Å². The number of anilines is 1. The second kappa shape index (κ2) is 5.93. The largest absolute Gasteiger partial charge is 0.449 e. The van der Waals surface area contributed by atoms with Gasteiger partial charge in [-0.05, 0) is 18.2 Å². The average molecular weight is 368 g/mol. The molecular weight excluding hydrogens is 359 g/mol. The van der Waals surface area contributed by atoms with Crippen molar-refractivity contribution in [1.82, 2.24) is 0 Å². The lowest BCUT2D eigenvalue weighted by Gasteiger charge is -2.19. The maximum absolute atomic E-state index is 12.8. The molecule has 2 aromatic carbocycles. The van der Waals surface area contributed by atoms with Crippen LogP contribution in [-0.4, -0.2) is 11.6 Å². The molecular formula is C17H9ClF3NO3. The Balaban J connectivity index is 2.05. The molecule has 0 amide bonds. The molecule has 8 heteroatoms. The van der Waals surface area contributed by atoms with Crippen LogP contribution in [0, 0.1) is 0 Å². The Bertz CT molecular complexity index is 935. The fourth-order valence-corrected chi connectivity index (χ4v) is 2.55. The monoisotopic (exact) mass is 367 g/mol. The highest BCUT2D eigenvalue weighted by molar-refractivity contribution is 6.49. The van der Waals surface area contributed by atoms with Crippen LogP contribution >= 0.6 is 11.6 Å². The summed E-state index contributed by atoms with van der Waals surface area (Å²) in [5.41, 5.74) is 4.62. The first-order chi connectivity index (χ1) is 11.7. The quantitative estimate of drug-likeness (QED) is 0.808. The van der Waals surface area contributed by atoms with E-state index in [1.165, 1.54) is 12.1 Å². The number of carbonyl (C=O) groups excluding carboxylic acids is 2. The van der Waals surface area contributed by atoms with Crippen molar-refractivity contribution in [1.29, 1.82) is 0 Å². The molecule has 0 saturated carbocycles. The smallest absolute Gasteiger partial charge is 0.416 e. The summed E-state index contributed by atoms with van der Waals surface area (Å²) < 4.78 is 43.7. The van der Waals surface area contributed by atoms with Gasteiger partial charge in [0.25, 0.3) is 0 Å². The van der Waals surface area contributed by atoms with Gasteiger partial charge < -0.3 is 10.5 Å². The van der Waals surface area contributed by atoms with Gasteiger partial charge in [0.05, 0.1) is 11.3 Å². The van der Waals surface area contributed by atoms with Crippen molar-refractivity contribution in [2.45, 2.75) is 6.18 Å². The van der Waals surface area contributed by atoms with Gasteiger partial charge in [0.1, 0.15) is 5.03 Å². The predicted molar refractivity (Wildman–Crippen MR) is 84.5 cm³/mol. The first kappa shape index (κ1) is 17.0. The maximum Gasteiger partial charge on any atom is 0.416 e. The second-order valence-electron chi connectivity index (χ2n) is 5.20. The van der Waals surface area contributed by atoms with Gasteiger partial charge in [-0.2, -0.15) is 13.2 Å². The van der Waals surface area contributed by atoms with E-state index in [0.717, 1.165) is 12.1 Å². The lowest BCUT2D eigenvalue weighted by Crippen LogP contribution is -2.23. The summed E-state index contributed by atoms with van der Waals surface area (Å²) in [6, 6.07) is 8.34. The SMILES string of the molecule is Nc1ccc(C(F)(F)F)cc1OC1=C(Cl)C(=O)c2ccccc2C1=O. The molecule has 1 aliphatic carbocycles. The zero-order chi connectivity index (χ0) is 18.4. The predicted octanol–water partition coefficient (Wildman–Crippen LogP) is 4.20. The Kier molecular flexibility index (Phi) is 4.04. The Morgan fingerprint density at radius 3 is 2.16 bits per heavy atom. The van der Waals surface area contributed by atoms with Crippen LogP contribution in [0.1, 0.15) is 26.3 Å². The number of alkyl halides is 3. The van der Waals surface area contributed by atoms with Crippen LogP contribution in [-0.2, 0) is 6.18 Å². The third kappa shape index (κ3) is 2.98. The first-order valence-corrected chi connectivity index (χ1v) is 7.30. The molecule has 2 N–H and O–H groups in total. The summed E-state index contributed by atoms with van der Waals surface area (Å²) in [7, 11) is 0. The van der Waals surface area contributed by atoms with E-state index in [4.69, 9.17) is 22.1 Å². The highest BCUT2D eigenvalue weighted by Gasteiger charge is 2.35. The molecule has 0 bridgehead atoms. The summed E-state index contributed by atoms with van der Waals surface area (Å²) in [6.45, 7) is 0. The van der Waals surface area contributed by atoms with Crippen molar-refractivity contribution >= 4 is 28.9 Å². The summed E-state index contributed by atoms with van der Waals surface area (Å²) in [5, 5.41) is -0.513. The van der Waals surface area contributed by atoms with Crippen LogP contribution < -0.4 is 10.5 Å². The van der Waals surface area contributed by atoms with Crippen LogP contribution in [0.4, 0.5) is 18.9 Å². The van der Waals surface area contributed by atoms with E-state index in [9.17, 15) is 22.8 Å². The first-order valence-electron chi connectivity index (χ1n) is 6.93. The molecule has 0 radical (unpaired) electrons. The maximum atomic E-state index is 12.8. The number of nitrogens with two attached hydrogens (primary N) is 1. The lowest BCUT2D eigenvalue weighted by atomic mass is 9.93. The summed E-state index contributed by atoms with van der Waals surface area (Å²) in [4.78, 5) is 24.7. The lowest BCUT2D eigenvalue weighted by molar-refractivity contribution is -0.137. The van der Waals surface area contributed by atoms with Crippen molar-refractivity contribution in [3.63, 3.8) is 0 Å². The second-order valence-corrected chi connectivity index (χ2v) is 5.58. The Morgan fingerprint density at radius 1 is 0.960 bits per heavy atom. The number of carbonyl (C=O) groups is 2. The van der Waals surface area contributed by atoms with Gasteiger partial charge in [-0.1, -0.05) is 35.9 Å². The summed E-state index contributed by atoms with van der Waals surface area (Å²) in [6.07, 6.45) is -4.62. The van der Waals surface area contributed by atoms with Gasteiger partial charge in [0.15, 0.2) is 11.5 Å². The van der Waals surface area contributed by atoms with Crippen molar-refractivity contribution < 1.29 is 27.5 Å². The van der Waals surface area contributed by atoms with Crippen molar-refractivity contribution in [2.24, 2.45) is 0 Å². The third-order valence-electron chi connectivity index (χ3n) is 3.57. The Labute approximate surface area is 144 Å². The zero-order valence-corrected chi connectivity index (χ0v) is 13.1. The third-order valence-corrected chi connectivity index (χ3v) is 3.92. The van der Waals surface area contributed by atoms with Gasteiger partial charge in [0, 0.05) is 11.1 Å². The zero-order valence-electron chi connectivity index (χ0n) is 12.4. The normalized spacial score (nSPS) is 14.6. The fraction of sp³-hybridized carbons (Fsp3) is 0.0588. The number of rotatable bonds is 2. The number of hydrogen-bond donors (Lipinski definition) is 1. The van der Waals surface area contributed by atoms with Gasteiger partial charge in [-0.25, -0.2) is 0 Å². The minimum absolute atomic E-state index is 0.0532. The molecule has 0 unspecified atom stereocenters. The van der Waals surface area contributed by atoms with E-state index in [0.29, 0.717) is 6.07 Å². The molecule has 0 aliphatic heterocycles. The minimum Gasteiger partial charge on any atom is -0.449 e. The van der Waals surface area contributed by atoms with E-state index in [-0.39, 0.29) is 16.8 Å². The van der Waals surface area contributed by atoms with E-state index in [2.05, 4.69) is 0 Å². The molecule has 3 rings (SSSR count). The van der Waals surface area contributed by atoms with Crippen LogP contribution in [0.5, 0.6) is 5.75 Å². The number of halogens is 4. The number of benzene rings is 2. The molecule has 4 nitrogen and oxygen atoms in total. The Morgan fingerprint density at radius 2 is 1.56 bits per heavy atom. The fourth-order valence-electron chi connectivity index (χ4n) is 2.32. The number of ketones is 2. The van der Waals surface area contributed by atoms with Crippen LogP contribution in [0.2, 0.25) is 0 Å². The van der Waals surface area contributed by atoms with Gasteiger partial charge in [0.2, 0.25) is 11.6 Å². The summed E-state index contributed by atoms with van der Waals surface area (Å²) in [5.74, 6) is -2.34. The molecule has 0 aromatic heterocycles. The molecule has 0 saturated heterocycles. The molecule has 0 atom stereocenters. The van der Waals surface area contributed by atoms with Gasteiger partial charge in [-0.3, -0.25) is 9.59 Å². The number of ether oxygens (including phenoxy) is 1. The molecule has 25 heavy (non-hydrogen) atoms. The minimum atomic E-state index is -4.62. The van der Waals surface area contributed by atoms with Gasteiger partial charge >= 0.3 is 6.18 Å². The van der Waals surface area contributed by atoms with E-state index in [1.807, 2.05) is 0 Å². The molecule has 0 fully saturated rings.